The number of nitrogens with zero attached hydrogens (tertiary/aromatic N) is 2. The van der Waals surface area contributed by atoms with Crippen molar-refractivity contribution in [1.29, 1.82) is 0 Å². The Balaban J connectivity index is 1.80. The van der Waals surface area contributed by atoms with Crippen molar-refractivity contribution in [2.24, 2.45) is 29.1 Å². The molecule has 4 fully saturated rings. The molecule has 2 bridgehead atoms. The largest absolute Gasteiger partial charge is 0.390 e. The molecule has 1 N–H and O–H groups in total. The van der Waals surface area contributed by atoms with E-state index in [-0.39, 0.29) is 41.9 Å². The van der Waals surface area contributed by atoms with Gasteiger partial charge in [-0.05, 0) is 30.8 Å². The molecule has 25 heavy (non-hydrogen) atoms. The van der Waals surface area contributed by atoms with Crippen molar-refractivity contribution in [3.8, 4) is 0 Å². The van der Waals surface area contributed by atoms with E-state index in [2.05, 4.69) is 4.90 Å². The smallest absolute Gasteiger partial charge is 0.233 e. The number of imide groups is 1. The van der Waals surface area contributed by atoms with Crippen molar-refractivity contribution in [2.75, 3.05) is 26.2 Å². The minimum Gasteiger partial charge on any atom is -0.390 e. The van der Waals surface area contributed by atoms with Crippen LogP contribution in [0.25, 0.3) is 0 Å². The zero-order valence-corrected chi connectivity index (χ0v) is 15.7. The molecule has 0 spiro atoms. The Morgan fingerprint density at radius 1 is 1.20 bits per heavy atom. The summed E-state index contributed by atoms with van der Waals surface area (Å²) in [6.07, 6.45) is 0.462. The predicted molar refractivity (Wildman–Crippen MR) is 92.5 cm³/mol. The van der Waals surface area contributed by atoms with Crippen LogP contribution >= 0.6 is 0 Å². The van der Waals surface area contributed by atoms with Gasteiger partial charge in [0, 0.05) is 18.9 Å². The zero-order chi connectivity index (χ0) is 18.5. The first kappa shape index (κ1) is 18.5. The van der Waals surface area contributed by atoms with Gasteiger partial charge >= 0.3 is 0 Å². The van der Waals surface area contributed by atoms with Crippen LogP contribution in [0.5, 0.6) is 0 Å². The van der Waals surface area contributed by atoms with Gasteiger partial charge in [-0.3, -0.25) is 19.3 Å². The van der Waals surface area contributed by atoms with Crippen LogP contribution in [0.4, 0.5) is 0 Å². The third kappa shape index (κ3) is 2.83. The molecule has 4 aliphatic rings. The number of carbonyl (C=O) groups is 3. The lowest BCUT2D eigenvalue weighted by atomic mass is 9.48. The standard InChI is InChI=1S/C19H30N2O4/c1-5-20(6-2)9-12(22)10-21-17(24)15-14-11(3)7-19(4,8-13(14)23)16(15)18(21)25/h11-12,14-16,22H,5-10H2,1-4H3. The van der Waals surface area contributed by atoms with Gasteiger partial charge in [0.15, 0.2) is 0 Å². The van der Waals surface area contributed by atoms with Gasteiger partial charge in [-0.25, -0.2) is 0 Å². The van der Waals surface area contributed by atoms with Crippen molar-refractivity contribution >= 4 is 17.6 Å². The first-order chi connectivity index (χ1) is 11.7. The van der Waals surface area contributed by atoms with Gasteiger partial charge in [0.1, 0.15) is 5.78 Å². The van der Waals surface area contributed by atoms with Crippen LogP contribution in [0.3, 0.4) is 0 Å². The van der Waals surface area contributed by atoms with Crippen molar-refractivity contribution in [3.05, 3.63) is 0 Å². The van der Waals surface area contributed by atoms with Crippen LogP contribution < -0.4 is 0 Å². The van der Waals surface area contributed by atoms with E-state index >= 15 is 0 Å². The summed E-state index contributed by atoms with van der Waals surface area (Å²) < 4.78 is 0. The molecule has 0 aromatic rings. The van der Waals surface area contributed by atoms with Gasteiger partial charge < -0.3 is 10.0 Å². The Morgan fingerprint density at radius 3 is 2.40 bits per heavy atom. The van der Waals surface area contributed by atoms with Crippen molar-refractivity contribution in [1.82, 2.24) is 9.80 Å². The first-order valence-electron chi connectivity index (χ1n) is 9.51. The number of likely N-dealkylation sites (N-methyl/N-ethyl adjacent to an activating group) is 1. The van der Waals surface area contributed by atoms with E-state index in [0.717, 1.165) is 19.5 Å². The molecule has 2 amide bonds. The summed E-state index contributed by atoms with van der Waals surface area (Å²) >= 11 is 0. The summed E-state index contributed by atoms with van der Waals surface area (Å²) in [4.78, 5) is 41.7. The van der Waals surface area contributed by atoms with Crippen LogP contribution in [0.2, 0.25) is 0 Å². The molecule has 1 heterocycles. The molecular formula is C19H30N2O4. The zero-order valence-electron chi connectivity index (χ0n) is 15.7. The predicted octanol–water partition coefficient (Wildman–Crippen LogP) is 0.925. The van der Waals surface area contributed by atoms with Gasteiger partial charge in [-0.2, -0.15) is 0 Å². The quantitative estimate of drug-likeness (QED) is 0.721. The molecule has 1 aliphatic heterocycles. The normalized spacial score (nSPS) is 38.6. The first-order valence-corrected chi connectivity index (χ1v) is 9.51. The number of rotatable bonds is 6. The molecule has 0 aromatic heterocycles. The van der Waals surface area contributed by atoms with Gasteiger partial charge in [-0.1, -0.05) is 27.7 Å². The van der Waals surface area contributed by atoms with E-state index in [0.29, 0.717) is 13.0 Å². The Hall–Kier alpha value is -1.27. The monoisotopic (exact) mass is 350 g/mol. The summed E-state index contributed by atoms with van der Waals surface area (Å²) in [5.41, 5.74) is -0.415. The molecule has 0 aromatic carbocycles. The third-order valence-corrected chi connectivity index (χ3v) is 6.69. The Bertz CT molecular complexity index is 588. The second kappa shape index (κ2) is 6.47. The molecule has 3 saturated carbocycles. The lowest BCUT2D eigenvalue weighted by Crippen LogP contribution is -2.56. The van der Waals surface area contributed by atoms with E-state index in [9.17, 15) is 19.5 Å². The molecule has 3 aliphatic carbocycles. The number of hydrogen-bond donors (Lipinski definition) is 1. The molecule has 140 valence electrons. The van der Waals surface area contributed by atoms with Crippen LogP contribution in [0.15, 0.2) is 0 Å². The van der Waals surface area contributed by atoms with Crippen molar-refractivity contribution in [3.63, 3.8) is 0 Å². The maximum absolute atomic E-state index is 13.0. The minimum absolute atomic E-state index is 0.0343. The summed E-state index contributed by atoms with van der Waals surface area (Å²) in [6, 6.07) is 0. The van der Waals surface area contributed by atoms with Gasteiger partial charge in [0.05, 0.1) is 24.5 Å². The Labute approximate surface area is 149 Å². The molecule has 6 unspecified atom stereocenters. The van der Waals surface area contributed by atoms with Gasteiger partial charge in [-0.15, -0.1) is 0 Å². The fraction of sp³-hybridized carbons (Fsp3) is 0.842. The Kier molecular flexibility index (Phi) is 4.79. The lowest BCUT2D eigenvalue weighted by Gasteiger charge is -2.52. The van der Waals surface area contributed by atoms with E-state index < -0.39 is 17.4 Å². The second-order valence-corrected chi connectivity index (χ2v) is 8.43. The highest BCUT2D eigenvalue weighted by Gasteiger charge is 2.67. The molecule has 6 nitrogen and oxygen atoms in total. The average molecular weight is 350 g/mol. The van der Waals surface area contributed by atoms with Crippen molar-refractivity contribution in [2.45, 2.75) is 46.6 Å². The summed E-state index contributed by atoms with van der Waals surface area (Å²) in [7, 11) is 0. The van der Waals surface area contributed by atoms with Crippen LogP contribution in [-0.4, -0.2) is 64.8 Å². The van der Waals surface area contributed by atoms with E-state index in [1.165, 1.54) is 4.90 Å². The van der Waals surface area contributed by atoms with Crippen LogP contribution in [0.1, 0.15) is 40.5 Å². The summed E-state index contributed by atoms with van der Waals surface area (Å²) in [5.74, 6) is -1.38. The number of ketones is 1. The highest BCUT2D eigenvalue weighted by molar-refractivity contribution is 6.09. The fourth-order valence-corrected chi connectivity index (χ4v) is 5.63. The average Bonchev–Trinajstić information content (AvgIpc) is 2.78. The number of Topliss-reactive ketones (excluding diaryl/α,β-unsaturated/α-hetero) is 1. The number of fused-ring (bicyclic) bond motifs is 2. The molecule has 4 rings (SSSR count). The molecular weight excluding hydrogens is 320 g/mol. The summed E-state index contributed by atoms with van der Waals surface area (Å²) in [6.45, 7) is 10.1. The second-order valence-electron chi connectivity index (χ2n) is 8.43. The van der Waals surface area contributed by atoms with Gasteiger partial charge in [0.2, 0.25) is 11.8 Å². The number of hydrogen-bond acceptors (Lipinski definition) is 5. The highest BCUT2D eigenvalue weighted by Crippen LogP contribution is 2.60. The summed E-state index contributed by atoms with van der Waals surface area (Å²) in [5, 5.41) is 10.4. The topological polar surface area (TPSA) is 77.9 Å². The van der Waals surface area contributed by atoms with Crippen molar-refractivity contribution < 1.29 is 19.5 Å². The van der Waals surface area contributed by atoms with Crippen LogP contribution in [0, 0.1) is 29.1 Å². The highest BCUT2D eigenvalue weighted by atomic mass is 16.3. The number of aliphatic hydroxyl groups excluding tert-OH is 1. The SMILES string of the molecule is CCN(CC)CC(O)CN1C(=O)C2C3C(=O)CC(C)(CC3C)C2C1=O. The lowest BCUT2D eigenvalue weighted by molar-refractivity contribution is -0.157. The molecule has 6 atom stereocenters. The number of carbonyl (C=O) groups excluding carboxylic acids is 3. The molecule has 6 heteroatoms. The maximum Gasteiger partial charge on any atom is 0.233 e. The van der Waals surface area contributed by atoms with E-state index in [1.54, 1.807) is 0 Å². The van der Waals surface area contributed by atoms with Crippen LogP contribution in [-0.2, 0) is 14.4 Å². The minimum atomic E-state index is -0.758. The number of amides is 2. The van der Waals surface area contributed by atoms with Gasteiger partial charge in [0.25, 0.3) is 0 Å². The fourth-order valence-electron chi connectivity index (χ4n) is 5.63. The number of likely N-dealkylation sites (tertiary alicyclic amines) is 1. The van der Waals surface area contributed by atoms with E-state index in [1.807, 2.05) is 27.7 Å². The molecule has 1 saturated heterocycles. The maximum atomic E-state index is 13.0. The number of aliphatic hydroxyl groups is 1. The number of β-amino-alcohol motifs (C(OH)–C–C–N with tert-alkyl or cyclic N) is 1. The Morgan fingerprint density at radius 2 is 1.84 bits per heavy atom. The third-order valence-electron chi connectivity index (χ3n) is 6.69. The van der Waals surface area contributed by atoms with E-state index in [4.69, 9.17) is 0 Å². The molecule has 0 radical (unpaired) electrons.